The van der Waals surface area contributed by atoms with Crippen LogP contribution in [-0.4, -0.2) is 12.1 Å². The maximum Gasteiger partial charge on any atom is 0.417 e. The summed E-state index contributed by atoms with van der Waals surface area (Å²) in [6.45, 7) is 0. The van der Waals surface area contributed by atoms with Gasteiger partial charge in [0.1, 0.15) is 11.8 Å². The molecule has 0 bridgehead atoms. The van der Waals surface area contributed by atoms with Gasteiger partial charge in [0.05, 0.1) is 18.2 Å². The summed E-state index contributed by atoms with van der Waals surface area (Å²) in [6, 6.07) is 1.61. The first-order valence-electron chi connectivity index (χ1n) is 4.15. The maximum atomic E-state index is 12.5. The Balaban J connectivity index is 3.60. The number of nitrogens with zero attached hydrogens (tertiary/aromatic N) is 2. The highest BCUT2D eigenvalue weighted by atomic mass is 19.4. The number of halogens is 5. The third-order valence-electron chi connectivity index (χ3n) is 1.86. The Morgan fingerprint density at radius 3 is 2.35 bits per heavy atom. The average Bonchev–Trinajstić information content (AvgIpc) is 2.25. The molecule has 3 nitrogen and oxygen atoms in total. The van der Waals surface area contributed by atoms with Gasteiger partial charge < -0.3 is 4.74 Å². The van der Waals surface area contributed by atoms with Crippen molar-refractivity contribution in [1.82, 2.24) is 4.98 Å². The molecule has 0 fully saturated rings. The van der Waals surface area contributed by atoms with Gasteiger partial charge in [-0.2, -0.15) is 18.4 Å². The van der Waals surface area contributed by atoms with Crippen molar-refractivity contribution in [2.24, 2.45) is 0 Å². The lowest BCUT2D eigenvalue weighted by Crippen LogP contribution is -2.13. The fourth-order valence-corrected chi connectivity index (χ4v) is 1.19. The average molecular weight is 252 g/mol. The molecule has 0 atom stereocenters. The van der Waals surface area contributed by atoms with Gasteiger partial charge in [0.2, 0.25) is 5.88 Å². The van der Waals surface area contributed by atoms with Crippen molar-refractivity contribution in [1.29, 1.82) is 5.26 Å². The van der Waals surface area contributed by atoms with Crippen LogP contribution >= 0.6 is 0 Å². The standard InChI is InChI=1S/C9H5F5N2O/c1-17-8-6(7(10)11)5(9(12,13)14)2-4(3-15)16-8/h2,7H,1H3. The van der Waals surface area contributed by atoms with Crippen LogP contribution in [0.1, 0.15) is 23.2 Å². The minimum Gasteiger partial charge on any atom is -0.481 e. The summed E-state index contributed by atoms with van der Waals surface area (Å²) in [5, 5.41) is 8.45. The lowest BCUT2D eigenvalue weighted by atomic mass is 10.1. The molecule has 0 aromatic carbocycles. The van der Waals surface area contributed by atoms with Crippen LogP contribution in [-0.2, 0) is 6.18 Å². The van der Waals surface area contributed by atoms with Gasteiger partial charge in [0, 0.05) is 0 Å². The van der Waals surface area contributed by atoms with Crippen LogP contribution in [0, 0.1) is 11.3 Å². The number of alkyl halides is 5. The van der Waals surface area contributed by atoms with Gasteiger partial charge in [0.25, 0.3) is 6.43 Å². The van der Waals surface area contributed by atoms with E-state index < -0.39 is 35.3 Å². The molecule has 0 amide bonds. The van der Waals surface area contributed by atoms with E-state index in [-0.39, 0.29) is 6.07 Å². The molecule has 1 heterocycles. The highest BCUT2D eigenvalue weighted by Gasteiger charge is 2.38. The molecule has 0 aliphatic carbocycles. The number of methoxy groups -OCH3 is 1. The van der Waals surface area contributed by atoms with Crippen LogP contribution in [0.5, 0.6) is 5.88 Å². The third kappa shape index (κ3) is 2.61. The van der Waals surface area contributed by atoms with Gasteiger partial charge in [-0.25, -0.2) is 13.8 Å². The minimum atomic E-state index is -5.01. The number of aromatic nitrogens is 1. The van der Waals surface area contributed by atoms with Gasteiger partial charge in [-0.3, -0.25) is 0 Å². The highest BCUT2D eigenvalue weighted by molar-refractivity contribution is 5.42. The number of ether oxygens (including phenoxy) is 1. The van der Waals surface area contributed by atoms with Gasteiger partial charge in [-0.05, 0) is 6.07 Å². The molecule has 1 aromatic rings. The smallest absolute Gasteiger partial charge is 0.417 e. The van der Waals surface area contributed by atoms with Crippen molar-refractivity contribution >= 4 is 0 Å². The predicted molar refractivity (Wildman–Crippen MR) is 45.5 cm³/mol. The molecule has 0 radical (unpaired) electrons. The van der Waals surface area contributed by atoms with E-state index in [2.05, 4.69) is 9.72 Å². The Morgan fingerprint density at radius 1 is 1.41 bits per heavy atom. The van der Waals surface area contributed by atoms with Gasteiger partial charge in [-0.1, -0.05) is 0 Å². The number of rotatable bonds is 2. The molecular formula is C9H5F5N2O. The molecule has 17 heavy (non-hydrogen) atoms. The Kier molecular flexibility index (Phi) is 3.50. The predicted octanol–water partition coefficient (Wildman–Crippen LogP) is 2.92. The van der Waals surface area contributed by atoms with Gasteiger partial charge in [0.15, 0.2) is 0 Å². The molecule has 0 aliphatic rings. The van der Waals surface area contributed by atoms with E-state index in [9.17, 15) is 22.0 Å². The molecule has 0 spiro atoms. The molecule has 1 rings (SSSR count). The van der Waals surface area contributed by atoms with Gasteiger partial charge >= 0.3 is 6.18 Å². The molecule has 0 N–H and O–H groups in total. The van der Waals surface area contributed by atoms with Crippen LogP contribution in [0.4, 0.5) is 22.0 Å². The first-order chi connectivity index (χ1) is 7.81. The first-order valence-corrected chi connectivity index (χ1v) is 4.15. The monoisotopic (exact) mass is 252 g/mol. The zero-order chi connectivity index (χ0) is 13.2. The second-order valence-corrected chi connectivity index (χ2v) is 2.89. The van der Waals surface area contributed by atoms with E-state index in [1.807, 2.05) is 0 Å². The van der Waals surface area contributed by atoms with Crippen molar-refractivity contribution in [3.05, 3.63) is 22.9 Å². The molecule has 92 valence electrons. The Morgan fingerprint density at radius 2 is 2.00 bits per heavy atom. The second-order valence-electron chi connectivity index (χ2n) is 2.89. The fourth-order valence-electron chi connectivity index (χ4n) is 1.19. The number of pyridine rings is 1. The van der Waals surface area contributed by atoms with Crippen molar-refractivity contribution in [3.63, 3.8) is 0 Å². The van der Waals surface area contributed by atoms with Gasteiger partial charge in [-0.15, -0.1) is 0 Å². The largest absolute Gasteiger partial charge is 0.481 e. The maximum absolute atomic E-state index is 12.5. The van der Waals surface area contributed by atoms with Crippen LogP contribution in [0.15, 0.2) is 6.07 Å². The highest BCUT2D eigenvalue weighted by Crippen LogP contribution is 2.40. The van der Waals surface area contributed by atoms with Crippen LogP contribution < -0.4 is 4.74 Å². The van der Waals surface area contributed by atoms with E-state index in [0.29, 0.717) is 0 Å². The third-order valence-corrected chi connectivity index (χ3v) is 1.86. The first kappa shape index (κ1) is 13.2. The fraction of sp³-hybridized carbons (Fsp3) is 0.333. The normalized spacial score (nSPS) is 11.4. The summed E-state index contributed by atoms with van der Waals surface area (Å²) in [5.41, 5.74) is -3.62. The summed E-state index contributed by atoms with van der Waals surface area (Å²) >= 11 is 0. The van der Waals surface area contributed by atoms with E-state index in [1.165, 1.54) is 6.07 Å². The lowest BCUT2D eigenvalue weighted by molar-refractivity contribution is -0.139. The Hall–Kier alpha value is -1.91. The van der Waals surface area contributed by atoms with E-state index >= 15 is 0 Å². The summed E-state index contributed by atoms with van der Waals surface area (Å²) in [6.07, 6.45) is -8.41. The van der Waals surface area contributed by atoms with Crippen LogP contribution in [0.3, 0.4) is 0 Å². The number of nitriles is 1. The number of hydrogen-bond donors (Lipinski definition) is 0. The summed E-state index contributed by atoms with van der Waals surface area (Å²) in [4.78, 5) is 3.24. The van der Waals surface area contributed by atoms with E-state index in [0.717, 1.165) is 7.11 Å². The molecule has 0 saturated heterocycles. The van der Waals surface area contributed by atoms with E-state index in [4.69, 9.17) is 5.26 Å². The molecule has 1 aromatic heterocycles. The number of hydrogen-bond acceptors (Lipinski definition) is 3. The topological polar surface area (TPSA) is 45.9 Å². The Labute approximate surface area is 92.4 Å². The summed E-state index contributed by atoms with van der Waals surface area (Å²) in [5.74, 6) is -0.897. The van der Waals surface area contributed by atoms with E-state index in [1.54, 1.807) is 0 Å². The summed E-state index contributed by atoms with van der Waals surface area (Å²) < 4.78 is 67.0. The molecule has 0 aliphatic heterocycles. The van der Waals surface area contributed by atoms with Crippen molar-refractivity contribution < 1.29 is 26.7 Å². The second kappa shape index (κ2) is 4.53. The van der Waals surface area contributed by atoms with Crippen molar-refractivity contribution in [3.8, 4) is 11.9 Å². The quantitative estimate of drug-likeness (QED) is 0.760. The SMILES string of the molecule is COc1nc(C#N)cc(C(F)(F)F)c1C(F)F. The zero-order valence-corrected chi connectivity index (χ0v) is 8.35. The molecular weight excluding hydrogens is 247 g/mol. The molecule has 0 unspecified atom stereocenters. The molecule has 8 heteroatoms. The molecule has 0 saturated carbocycles. The minimum absolute atomic E-state index is 0.268. The summed E-state index contributed by atoms with van der Waals surface area (Å²) in [7, 11) is 0.898. The zero-order valence-electron chi connectivity index (χ0n) is 8.35. The van der Waals surface area contributed by atoms with Crippen LogP contribution in [0.2, 0.25) is 0 Å². The van der Waals surface area contributed by atoms with Crippen molar-refractivity contribution in [2.45, 2.75) is 12.6 Å². The lowest BCUT2D eigenvalue weighted by Gasteiger charge is -2.14. The van der Waals surface area contributed by atoms with Crippen molar-refractivity contribution in [2.75, 3.05) is 7.11 Å². The Bertz CT molecular complexity index is 464. The van der Waals surface area contributed by atoms with Crippen LogP contribution in [0.25, 0.3) is 0 Å².